The Kier molecular flexibility index (Phi) is 3.34. The molecule has 1 rings (SSSR count). The van der Waals surface area contributed by atoms with E-state index in [0.29, 0.717) is 11.4 Å². The molecule has 0 aliphatic rings. The summed E-state index contributed by atoms with van der Waals surface area (Å²) in [7, 11) is 3.20. The minimum atomic E-state index is -0.850. The molecule has 0 heterocycles. The molecular formula is C10H12NO3-. The molecule has 0 fully saturated rings. The lowest BCUT2D eigenvalue weighted by atomic mass is 10.1. The van der Waals surface area contributed by atoms with Crippen molar-refractivity contribution in [2.45, 2.75) is 6.42 Å². The van der Waals surface area contributed by atoms with Crippen molar-refractivity contribution in [1.29, 1.82) is 0 Å². The van der Waals surface area contributed by atoms with Gasteiger partial charge in [-0.05, 0) is 11.6 Å². The number of methoxy groups -OCH3 is 1. The van der Waals surface area contributed by atoms with Crippen LogP contribution < -0.4 is 4.74 Å². The summed E-state index contributed by atoms with van der Waals surface area (Å²) in [4.78, 5) is 10.5. The van der Waals surface area contributed by atoms with E-state index in [1.807, 2.05) is 0 Å². The van der Waals surface area contributed by atoms with Crippen molar-refractivity contribution in [2.24, 2.45) is 0 Å². The van der Waals surface area contributed by atoms with Crippen molar-refractivity contribution in [3.63, 3.8) is 0 Å². The first-order valence-corrected chi connectivity index (χ1v) is 4.16. The van der Waals surface area contributed by atoms with Gasteiger partial charge in [0.2, 0.25) is 0 Å². The number of nitrogens with zero attached hydrogens (tertiary/aromatic N) is 1. The molecular weight excluding hydrogens is 182 g/mol. The number of rotatable bonds is 4. The predicted molar refractivity (Wildman–Crippen MR) is 53.3 cm³/mol. The summed E-state index contributed by atoms with van der Waals surface area (Å²) in [5.41, 5.74) is 1.39. The van der Waals surface area contributed by atoms with Crippen LogP contribution in [0.3, 0.4) is 0 Å². The molecule has 0 aliphatic heterocycles. The van der Waals surface area contributed by atoms with Crippen LogP contribution >= 0.6 is 0 Å². The number of hydrogen-bond acceptors (Lipinski definition) is 2. The second-order valence-corrected chi connectivity index (χ2v) is 2.80. The van der Waals surface area contributed by atoms with Crippen LogP contribution in [0.1, 0.15) is 5.56 Å². The zero-order valence-corrected chi connectivity index (χ0v) is 8.15. The number of ether oxygens (including phenoxy) is 1. The van der Waals surface area contributed by atoms with Crippen LogP contribution in [-0.4, -0.2) is 25.2 Å². The first-order valence-electron chi connectivity index (χ1n) is 4.16. The van der Waals surface area contributed by atoms with Crippen LogP contribution in [0.15, 0.2) is 18.2 Å². The van der Waals surface area contributed by atoms with Crippen molar-refractivity contribution in [3.8, 4) is 5.75 Å². The van der Waals surface area contributed by atoms with E-state index in [-0.39, 0.29) is 6.42 Å². The van der Waals surface area contributed by atoms with Gasteiger partial charge in [-0.3, -0.25) is 4.79 Å². The molecule has 0 spiro atoms. The molecule has 0 aliphatic carbocycles. The Balaban J connectivity index is 2.95. The van der Waals surface area contributed by atoms with E-state index in [0.717, 1.165) is 5.56 Å². The largest absolute Gasteiger partial charge is 0.684 e. The highest BCUT2D eigenvalue weighted by Crippen LogP contribution is 2.30. The van der Waals surface area contributed by atoms with Crippen molar-refractivity contribution in [3.05, 3.63) is 29.1 Å². The van der Waals surface area contributed by atoms with Gasteiger partial charge in [-0.15, -0.1) is 7.05 Å². The minimum Gasteiger partial charge on any atom is -0.684 e. The molecule has 0 saturated heterocycles. The molecule has 0 bridgehead atoms. The van der Waals surface area contributed by atoms with Crippen molar-refractivity contribution in [1.82, 2.24) is 0 Å². The maximum absolute atomic E-state index is 10.5. The molecule has 1 aromatic carbocycles. The highest BCUT2D eigenvalue weighted by Gasteiger charge is 2.01. The average molecular weight is 194 g/mol. The lowest BCUT2D eigenvalue weighted by molar-refractivity contribution is -0.136. The van der Waals surface area contributed by atoms with Gasteiger partial charge in [0.15, 0.2) is 0 Å². The molecule has 0 saturated carbocycles. The zero-order chi connectivity index (χ0) is 10.6. The average Bonchev–Trinajstić information content (AvgIpc) is 2.16. The van der Waals surface area contributed by atoms with Gasteiger partial charge in [-0.2, -0.15) is 0 Å². The van der Waals surface area contributed by atoms with Crippen LogP contribution in [-0.2, 0) is 11.2 Å². The van der Waals surface area contributed by atoms with E-state index >= 15 is 0 Å². The van der Waals surface area contributed by atoms with E-state index in [1.54, 1.807) is 32.4 Å². The second kappa shape index (κ2) is 4.50. The highest BCUT2D eigenvalue weighted by molar-refractivity contribution is 5.72. The normalized spacial score (nSPS) is 9.57. The molecule has 4 heteroatoms. The van der Waals surface area contributed by atoms with Gasteiger partial charge in [0.1, 0.15) is 5.75 Å². The summed E-state index contributed by atoms with van der Waals surface area (Å²) in [5.74, 6) is -0.196. The molecule has 14 heavy (non-hydrogen) atoms. The molecule has 0 unspecified atom stereocenters. The third-order valence-corrected chi connectivity index (χ3v) is 1.84. The number of carbonyl (C=O) groups is 1. The Bertz CT molecular complexity index is 336. The summed E-state index contributed by atoms with van der Waals surface area (Å²) < 4.78 is 5.06. The van der Waals surface area contributed by atoms with Gasteiger partial charge in [0.25, 0.3) is 0 Å². The Morgan fingerprint density at radius 2 is 2.29 bits per heavy atom. The molecule has 0 atom stereocenters. The summed E-state index contributed by atoms with van der Waals surface area (Å²) in [6.45, 7) is 0. The first-order chi connectivity index (χ1) is 6.67. The zero-order valence-electron chi connectivity index (χ0n) is 8.15. The Morgan fingerprint density at radius 3 is 2.79 bits per heavy atom. The standard InChI is InChI=1S/C10H12NO3/c1-11-8-5-7(6-10(12)13)3-4-9(8)14-2/h3-5H,6H2,1-2H3,(H,12,13)/q-1. The quantitative estimate of drug-likeness (QED) is 0.796. The SMILES string of the molecule is C[N-]c1cc(CC(=O)O)ccc1OC. The van der Waals surface area contributed by atoms with E-state index < -0.39 is 5.97 Å². The van der Waals surface area contributed by atoms with Gasteiger partial charge in [0.05, 0.1) is 13.5 Å². The summed E-state index contributed by atoms with van der Waals surface area (Å²) in [6, 6.07) is 5.16. The van der Waals surface area contributed by atoms with E-state index in [9.17, 15) is 4.79 Å². The van der Waals surface area contributed by atoms with Gasteiger partial charge < -0.3 is 15.2 Å². The van der Waals surface area contributed by atoms with E-state index in [1.165, 1.54) is 0 Å². The van der Waals surface area contributed by atoms with Gasteiger partial charge >= 0.3 is 5.97 Å². The maximum Gasteiger partial charge on any atom is 0.307 e. The second-order valence-electron chi connectivity index (χ2n) is 2.80. The minimum absolute atomic E-state index is 0.00646. The fourth-order valence-corrected chi connectivity index (χ4v) is 1.19. The number of hydrogen-bond donors (Lipinski definition) is 1. The van der Waals surface area contributed by atoms with E-state index in [4.69, 9.17) is 9.84 Å². The van der Waals surface area contributed by atoms with Gasteiger partial charge in [-0.1, -0.05) is 17.8 Å². The fourth-order valence-electron chi connectivity index (χ4n) is 1.19. The molecule has 4 nitrogen and oxygen atoms in total. The molecule has 76 valence electrons. The van der Waals surface area contributed by atoms with Crippen LogP contribution in [0.25, 0.3) is 5.32 Å². The smallest absolute Gasteiger partial charge is 0.307 e. The van der Waals surface area contributed by atoms with Crippen molar-refractivity contribution < 1.29 is 14.6 Å². The fraction of sp³-hybridized carbons (Fsp3) is 0.300. The van der Waals surface area contributed by atoms with Crippen LogP contribution in [0.4, 0.5) is 5.69 Å². The Labute approximate surface area is 82.5 Å². The topological polar surface area (TPSA) is 60.6 Å². The number of aliphatic carboxylic acids is 1. The van der Waals surface area contributed by atoms with Crippen molar-refractivity contribution >= 4 is 11.7 Å². The van der Waals surface area contributed by atoms with Crippen LogP contribution in [0.5, 0.6) is 5.75 Å². The number of carboxylic acids is 1. The maximum atomic E-state index is 10.5. The predicted octanol–water partition coefficient (Wildman–Crippen LogP) is 1.96. The van der Waals surface area contributed by atoms with Gasteiger partial charge in [0, 0.05) is 0 Å². The Hall–Kier alpha value is -1.71. The molecule has 0 aromatic heterocycles. The van der Waals surface area contributed by atoms with Crippen LogP contribution in [0, 0.1) is 0 Å². The summed E-state index contributed by atoms with van der Waals surface area (Å²) in [6.07, 6.45) is 0.00646. The summed E-state index contributed by atoms with van der Waals surface area (Å²) >= 11 is 0. The monoisotopic (exact) mass is 194 g/mol. The molecule has 1 aromatic rings. The van der Waals surface area contributed by atoms with E-state index in [2.05, 4.69) is 5.32 Å². The molecule has 0 radical (unpaired) electrons. The highest BCUT2D eigenvalue weighted by atomic mass is 16.5. The van der Waals surface area contributed by atoms with Gasteiger partial charge in [-0.25, -0.2) is 0 Å². The third kappa shape index (κ3) is 2.39. The molecule has 1 N–H and O–H groups in total. The van der Waals surface area contributed by atoms with Crippen LogP contribution in [0.2, 0.25) is 0 Å². The number of carboxylic acid groups (broad SMARTS) is 1. The lowest BCUT2D eigenvalue weighted by Gasteiger charge is -2.19. The van der Waals surface area contributed by atoms with Crippen molar-refractivity contribution in [2.75, 3.05) is 14.2 Å². The first kappa shape index (κ1) is 10.4. The Morgan fingerprint density at radius 1 is 1.57 bits per heavy atom. The lowest BCUT2D eigenvalue weighted by Crippen LogP contribution is -1.99. The molecule has 0 amide bonds. The third-order valence-electron chi connectivity index (χ3n) is 1.84. The summed E-state index contributed by atoms with van der Waals surface area (Å²) in [5, 5.41) is 12.6. The number of benzene rings is 1.